The van der Waals surface area contributed by atoms with Gasteiger partial charge in [-0.15, -0.1) is 0 Å². The van der Waals surface area contributed by atoms with Crippen LogP contribution in [0.15, 0.2) is 28.7 Å². The predicted molar refractivity (Wildman–Crippen MR) is 73.9 cm³/mol. The topological polar surface area (TPSA) is 45.4 Å². The quantitative estimate of drug-likeness (QED) is 0.873. The van der Waals surface area contributed by atoms with Crippen molar-refractivity contribution in [2.24, 2.45) is 5.92 Å². The molecule has 4 heteroatoms. The van der Waals surface area contributed by atoms with Gasteiger partial charge in [-0.2, -0.15) is 0 Å². The number of aliphatic hydroxyl groups excluding tert-OH is 1. The smallest absolute Gasteiger partial charge is 0.152 e. The molecule has 0 fully saturated rings. The number of rotatable bonds is 5. The lowest BCUT2D eigenvalue weighted by molar-refractivity contribution is 0.149. The Hall–Kier alpha value is -1.03. The molecule has 0 bridgehead atoms. The lowest BCUT2D eigenvalue weighted by atomic mass is 10.2. The zero-order valence-electron chi connectivity index (χ0n) is 10.6. The molecule has 98 valence electrons. The second-order valence-corrected chi connectivity index (χ2v) is 5.28. The van der Waals surface area contributed by atoms with Crippen LogP contribution in [-0.4, -0.2) is 18.2 Å². The second kappa shape index (κ2) is 5.74. The van der Waals surface area contributed by atoms with Gasteiger partial charge in [0, 0.05) is 11.9 Å². The van der Waals surface area contributed by atoms with Gasteiger partial charge in [0.15, 0.2) is 5.58 Å². The van der Waals surface area contributed by atoms with E-state index in [-0.39, 0.29) is 0 Å². The van der Waals surface area contributed by atoms with Gasteiger partial charge in [0.1, 0.15) is 11.9 Å². The summed E-state index contributed by atoms with van der Waals surface area (Å²) in [7, 11) is 0. The summed E-state index contributed by atoms with van der Waals surface area (Å²) in [4.78, 5) is 0. The van der Waals surface area contributed by atoms with E-state index in [2.05, 4.69) is 19.2 Å². The van der Waals surface area contributed by atoms with Crippen LogP contribution in [0.3, 0.4) is 0 Å². The van der Waals surface area contributed by atoms with Gasteiger partial charge in [-0.25, -0.2) is 0 Å². The molecule has 1 heterocycles. The van der Waals surface area contributed by atoms with Crippen molar-refractivity contribution in [3.8, 4) is 0 Å². The maximum Gasteiger partial charge on any atom is 0.152 e. The Morgan fingerprint density at radius 2 is 2.11 bits per heavy atom. The minimum Gasteiger partial charge on any atom is -0.457 e. The van der Waals surface area contributed by atoms with E-state index in [1.807, 2.05) is 18.2 Å². The summed E-state index contributed by atoms with van der Waals surface area (Å²) in [6, 6.07) is 7.40. The molecular weight excluding hydrogens is 250 g/mol. The number of benzene rings is 1. The second-order valence-electron chi connectivity index (χ2n) is 4.87. The van der Waals surface area contributed by atoms with Crippen LogP contribution in [-0.2, 0) is 0 Å². The summed E-state index contributed by atoms with van der Waals surface area (Å²) in [5, 5.41) is 14.7. The Kier molecular flexibility index (Phi) is 4.27. The fourth-order valence-corrected chi connectivity index (χ4v) is 2.04. The molecule has 0 saturated carbocycles. The van der Waals surface area contributed by atoms with Crippen LogP contribution in [0.4, 0.5) is 0 Å². The zero-order chi connectivity index (χ0) is 13.1. The lowest BCUT2D eigenvalue weighted by Crippen LogP contribution is -2.25. The van der Waals surface area contributed by atoms with Crippen LogP contribution in [0.25, 0.3) is 11.0 Å². The maximum absolute atomic E-state index is 10.0. The normalized spacial score (nSPS) is 13.4. The van der Waals surface area contributed by atoms with E-state index in [9.17, 15) is 5.11 Å². The van der Waals surface area contributed by atoms with Crippen molar-refractivity contribution in [3.05, 3.63) is 35.0 Å². The van der Waals surface area contributed by atoms with Gasteiger partial charge in [0.25, 0.3) is 0 Å². The molecule has 2 N–H and O–H groups in total. The number of nitrogens with one attached hydrogen (secondary N) is 1. The van der Waals surface area contributed by atoms with Crippen LogP contribution in [0.1, 0.15) is 25.7 Å². The molecular formula is C14H18ClNO2. The SMILES string of the molecule is CC(C)CNCC(O)c1cc2cccc(Cl)c2o1. The third-order valence-electron chi connectivity index (χ3n) is 2.73. The molecule has 1 atom stereocenters. The molecule has 3 nitrogen and oxygen atoms in total. The van der Waals surface area contributed by atoms with E-state index in [0.29, 0.717) is 28.8 Å². The fourth-order valence-electron chi connectivity index (χ4n) is 1.82. The average Bonchev–Trinajstić information content (AvgIpc) is 2.74. The van der Waals surface area contributed by atoms with Gasteiger partial charge in [-0.1, -0.05) is 37.6 Å². The molecule has 0 aliphatic carbocycles. The first kappa shape index (κ1) is 13.4. The standard InChI is InChI=1S/C14H18ClNO2/c1-9(2)7-16-8-12(17)13-6-10-4-3-5-11(15)14(10)18-13/h3-6,9,12,16-17H,7-8H2,1-2H3. The number of hydrogen-bond acceptors (Lipinski definition) is 3. The zero-order valence-corrected chi connectivity index (χ0v) is 11.4. The van der Waals surface area contributed by atoms with Gasteiger partial charge in [0.05, 0.1) is 5.02 Å². The van der Waals surface area contributed by atoms with Gasteiger partial charge in [-0.05, 0) is 24.6 Å². The summed E-state index contributed by atoms with van der Waals surface area (Å²) in [5.41, 5.74) is 0.636. The Bertz CT molecular complexity index is 521. The molecule has 0 radical (unpaired) electrons. The van der Waals surface area contributed by atoms with E-state index in [1.54, 1.807) is 6.07 Å². The minimum atomic E-state index is -0.646. The van der Waals surface area contributed by atoms with Gasteiger partial charge >= 0.3 is 0 Å². The first-order valence-electron chi connectivity index (χ1n) is 6.14. The van der Waals surface area contributed by atoms with E-state index < -0.39 is 6.10 Å². The van der Waals surface area contributed by atoms with E-state index >= 15 is 0 Å². The monoisotopic (exact) mass is 267 g/mol. The van der Waals surface area contributed by atoms with Crippen molar-refractivity contribution in [2.45, 2.75) is 20.0 Å². The van der Waals surface area contributed by atoms with E-state index in [1.165, 1.54) is 0 Å². The van der Waals surface area contributed by atoms with Crippen molar-refractivity contribution in [1.29, 1.82) is 0 Å². The number of hydrogen-bond donors (Lipinski definition) is 2. The number of halogens is 1. The molecule has 0 amide bonds. The highest BCUT2D eigenvalue weighted by Gasteiger charge is 2.14. The van der Waals surface area contributed by atoms with Crippen LogP contribution in [0, 0.1) is 5.92 Å². The first-order valence-corrected chi connectivity index (χ1v) is 6.52. The van der Waals surface area contributed by atoms with Crippen LogP contribution >= 0.6 is 11.6 Å². The highest BCUT2D eigenvalue weighted by atomic mass is 35.5. The number of furan rings is 1. The molecule has 2 rings (SSSR count). The molecule has 0 aliphatic rings. The van der Waals surface area contributed by atoms with Gasteiger partial charge in [-0.3, -0.25) is 0 Å². The summed E-state index contributed by atoms with van der Waals surface area (Å²) in [6.07, 6.45) is -0.646. The number of aliphatic hydroxyl groups is 1. The Balaban J connectivity index is 2.08. The van der Waals surface area contributed by atoms with Crippen molar-refractivity contribution >= 4 is 22.6 Å². The largest absolute Gasteiger partial charge is 0.457 e. The first-order chi connectivity index (χ1) is 8.58. The molecule has 1 aromatic carbocycles. The maximum atomic E-state index is 10.0. The summed E-state index contributed by atoms with van der Waals surface area (Å²) < 4.78 is 5.60. The molecule has 18 heavy (non-hydrogen) atoms. The Morgan fingerprint density at radius 3 is 2.78 bits per heavy atom. The van der Waals surface area contributed by atoms with Crippen LogP contribution in [0.5, 0.6) is 0 Å². The third kappa shape index (κ3) is 3.05. The van der Waals surface area contributed by atoms with Crippen molar-refractivity contribution < 1.29 is 9.52 Å². The predicted octanol–water partition coefficient (Wildman–Crippen LogP) is 3.37. The molecule has 1 unspecified atom stereocenters. The Morgan fingerprint density at radius 1 is 1.33 bits per heavy atom. The summed E-state index contributed by atoms with van der Waals surface area (Å²) in [6.45, 7) is 5.61. The molecule has 0 spiro atoms. The van der Waals surface area contributed by atoms with Crippen molar-refractivity contribution in [3.63, 3.8) is 0 Å². The molecule has 1 aromatic heterocycles. The molecule has 2 aromatic rings. The van der Waals surface area contributed by atoms with Gasteiger partial charge in [0.2, 0.25) is 0 Å². The highest BCUT2D eigenvalue weighted by Crippen LogP contribution is 2.29. The van der Waals surface area contributed by atoms with Crippen molar-refractivity contribution in [2.75, 3.05) is 13.1 Å². The third-order valence-corrected chi connectivity index (χ3v) is 3.03. The Labute approximate surface area is 112 Å². The minimum absolute atomic E-state index is 0.482. The summed E-state index contributed by atoms with van der Waals surface area (Å²) >= 11 is 6.03. The molecule has 0 saturated heterocycles. The number of para-hydroxylation sites is 1. The fraction of sp³-hybridized carbons (Fsp3) is 0.429. The van der Waals surface area contributed by atoms with E-state index in [0.717, 1.165) is 11.9 Å². The van der Waals surface area contributed by atoms with Crippen LogP contribution < -0.4 is 5.32 Å². The van der Waals surface area contributed by atoms with Gasteiger partial charge < -0.3 is 14.8 Å². The van der Waals surface area contributed by atoms with Crippen molar-refractivity contribution in [1.82, 2.24) is 5.32 Å². The lowest BCUT2D eigenvalue weighted by Gasteiger charge is -2.10. The summed E-state index contributed by atoms with van der Waals surface area (Å²) in [5.74, 6) is 1.11. The van der Waals surface area contributed by atoms with E-state index in [4.69, 9.17) is 16.0 Å². The highest BCUT2D eigenvalue weighted by molar-refractivity contribution is 6.34. The average molecular weight is 268 g/mol. The van der Waals surface area contributed by atoms with Crippen LogP contribution in [0.2, 0.25) is 5.02 Å². The number of fused-ring (bicyclic) bond motifs is 1. The molecule has 0 aliphatic heterocycles.